The van der Waals surface area contributed by atoms with Crippen molar-refractivity contribution in [3.8, 4) is 23.1 Å². The van der Waals surface area contributed by atoms with Crippen molar-refractivity contribution in [1.82, 2.24) is 15.0 Å². The molecular weight excluding hydrogens is 327 g/mol. The molecule has 0 amide bonds. The molecule has 1 aliphatic rings. The van der Waals surface area contributed by atoms with Gasteiger partial charge in [-0.25, -0.2) is 4.39 Å². The SMILES string of the molecule is C[Si](C)(C)CCOCn1nc2c(n1)-c1cc(C#N)cc(F)c1OC2. The number of nitriles is 1. The molecule has 2 aromatic rings. The van der Waals surface area contributed by atoms with Gasteiger partial charge in [-0.05, 0) is 18.2 Å². The second-order valence-corrected chi connectivity index (χ2v) is 12.6. The molecule has 0 spiro atoms. The molecule has 6 nitrogen and oxygen atoms in total. The first-order valence-corrected chi connectivity index (χ1v) is 11.5. The Kier molecular flexibility index (Phi) is 4.39. The van der Waals surface area contributed by atoms with Crippen molar-refractivity contribution in [2.45, 2.75) is 39.0 Å². The summed E-state index contributed by atoms with van der Waals surface area (Å²) in [5.41, 5.74) is 1.84. The Hall–Kier alpha value is -2.24. The number of halogens is 1. The smallest absolute Gasteiger partial charge is 0.167 e. The van der Waals surface area contributed by atoms with Gasteiger partial charge in [-0.3, -0.25) is 0 Å². The largest absolute Gasteiger partial charge is 0.483 e. The number of ether oxygens (including phenoxy) is 2. The zero-order valence-electron chi connectivity index (χ0n) is 14.0. The second-order valence-electron chi connectivity index (χ2n) is 6.95. The number of hydrogen-bond donors (Lipinski definition) is 0. The Morgan fingerprint density at radius 1 is 1.38 bits per heavy atom. The highest BCUT2D eigenvalue weighted by atomic mass is 28.3. The van der Waals surface area contributed by atoms with Crippen molar-refractivity contribution in [1.29, 1.82) is 5.26 Å². The number of nitrogens with zero attached hydrogens (tertiary/aromatic N) is 4. The Bertz CT molecular complexity index is 808. The monoisotopic (exact) mass is 346 g/mol. The molecule has 1 aliphatic heterocycles. The van der Waals surface area contributed by atoms with E-state index in [-0.39, 0.29) is 24.7 Å². The first kappa shape index (κ1) is 16.6. The van der Waals surface area contributed by atoms with Crippen molar-refractivity contribution in [2.75, 3.05) is 6.61 Å². The number of aromatic nitrogens is 3. The highest BCUT2D eigenvalue weighted by molar-refractivity contribution is 6.76. The fraction of sp³-hybridized carbons (Fsp3) is 0.438. The maximum absolute atomic E-state index is 14.0. The first-order chi connectivity index (χ1) is 11.4. The van der Waals surface area contributed by atoms with Gasteiger partial charge >= 0.3 is 0 Å². The fourth-order valence-corrected chi connectivity index (χ4v) is 3.15. The van der Waals surface area contributed by atoms with E-state index in [2.05, 4.69) is 29.8 Å². The summed E-state index contributed by atoms with van der Waals surface area (Å²) in [6, 6.07) is 5.74. The lowest BCUT2D eigenvalue weighted by atomic mass is 10.0. The van der Waals surface area contributed by atoms with Crippen LogP contribution in [0.3, 0.4) is 0 Å². The molecule has 8 heteroatoms. The van der Waals surface area contributed by atoms with Gasteiger partial charge in [0.2, 0.25) is 0 Å². The third kappa shape index (κ3) is 3.47. The van der Waals surface area contributed by atoms with Crippen LogP contribution in [-0.2, 0) is 18.1 Å². The zero-order chi connectivity index (χ0) is 17.3. The van der Waals surface area contributed by atoms with Gasteiger partial charge in [-0.1, -0.05) is 19.6 Å². The molecule has 126 valence electrons. The van der Waals surface area contributed by atoms with E-state index < -0.39 is 13.9 Å². The minimum absolute atomic E-state index is 0.119. The van der Waals surface area contributed by atoms with Crippen LogP contribution in [0, 0.1) is 17.1 Å². The van der Waals surface area contributed by atoms with E-state index in [1.807, 2.05) is 6.07 Å². The topological polar surface area (TPSA) is 73.0 Å². The Labute approximate surface area is 140 Å². The maximum Gasteiger partial charge on any atom is 0.167 e. The van der Waals surface area contributed by atoms with Gasteiger partial charge in [-0.2, -0.15) is 20.3 Å². The lowest BCUT2D eigenvalue weighted by Gasteiger charge is -2.16. The summed E-state index contributed by atoms with van der Waals surface area (Å²) < 4.78 is 25.1. The number of fused-ring (bicyclic) bond motifs is 3. The third-order valence-electron chi connectivity index (χ3n) is 3.71. The Balaban J connectivity index is 1.79. The van der Waals surface area contributed by atoms with Crippen LogP contribution < -0.4 is 4.74 Å². The molecule has 0 radical (unpaired) electrons. The van der Waals surface area contributed by atoms with Crippen LogP contribution in [0.5, 0.6) is 5.75 Å². The zero-order valence-corrected chi connectivity index (χ0v) is 15.0. The molecule has 0 unspecified atom stereocenters. The molecule has 0 bridgehead atoms. The molecule has 0 fully saturated rings. The van der Waals surface area contributed by atoms with Crippen LogP contribution in [0.4, 0.5) is 4.39 Å². The van der Waals surface area contributed by atoms with Crippen LogP contribution in [0.1, 0.15) is 11.3 Å². The van der Waals surface area contributed by atoms with Crippen LogP contribution in [0.15, 0.2) is 12.1 Å². The predicted octanol–water partition coefficient (Wildman–Crippen LogP) is 3.16. The third-order valence-corrected chi connectivity index (χ3v) is 5.41. The molecule has 1 aromatic carbocycles. The average molecular weight is 346 g/mol. The fourth-order valence-electron chi connectivity index (χ4n) is 2.39. The van der Waals surface area contributed by atoms with Gasteiger partial charge in [-0.15, -0.1) is 0 Å². The van der Waals surface area contributed by atoms with Crippen LogP contribution in [-0.4, -0.2) is 29.7 Å². The second kappa shape index (κ2) is 6.34. The molecule has 0 saturated heterocycles. The molecule has 0 saturated carbocycles. The summed E-state index contributed by atoms with van der Waals surface area (Å²) in [5.74, 6) is -0.441. The Morgan fingerprint density at radius 3 is 2.88 bits per heavy atom. The summed E-state index contributed by atoms with van der Waals surface area (Å²) in [6.07, 6.45) is 0. The first-order valence-electron chi connectivity index (χ1n) is 7.76. The number of benzene rings is 1. The van der Waals surface area contributed by atoms with E-state index in [0.29, 0.717) is 23.6 Å². The summed E-state index contributed by atoms with van der Waals surface area (Å²) in [7, 11) is -1.14. The van der Waals surface area contributed by atoms with E-state index in [4.69, 9.17) is 14.7 Å². The van der Waals surface area contributed by atoms with Gasteiger partial charge in [0.05, 0.1) is 17.2 Å². The molecule has 2 heterocycles. The van der Waals surface area contributed by atoms with Gasteiger partial charge in [0.25, 0.3) is 0 Å². The molecule has 0 N–H and O–H groups in total. The summed E-state index contributed by atoms with van der Waals surface area (Å²) in [4.78, 5) is 1.45. The maximum atomic E-state index is 14.0. The van der Waals surface area contributed by atoms with Gasteiger partial charge in [0.1, 0.15) is 18.0 Å². The van der Waals surface area contributed by atoms with Crippen LogP contribution >= 0.6 is 0 Å². The highest BCUT2D eigenvalue weighted by Gasteiger charge is 2.26. The van der Waals surface area contributed by atoms with Gasteiger partial charge < -0.3 is 9.47 Å². The van der Waals surface area contributed by atoms with E-state index in [0.717, 1.165) is 12.1 Å². The standard InChI is InChI=1S/C16H19FN4O2Si/c1-24(2,3)5-4-22-10-21-19-14-9-23-16-12(15(14)20-21)6-11(8-18)7-13(16)17/h6-7H,4-5,9-10H2,1-3H3. The molecule has 0 aliphatic carbocycles. The predicted molar refractivity (Wildman–Crippen MR) is 88.6 cm³/mol. The summed E-state index contributed by atoms with van der Waals surface area (Å²) in [5, 5.41) is 17.7. The van der Waals surface area contributed by atoms with Crippen molar-refractivity contribution >= 4 is 8.07 Å². The van der Waals surface area contributed by atoms with Crippen molar-refractivity contribution in [2.24, 2.45) is 0 Å². The van der Waals surface area contributed by atoms with E-state index in [1.165, 1.54) is 4.80 Å². The lowest BCUT2D eigenvalue weighted by molar-refractivity contribution is 0.0681. The summed E-state index contributed by atoms with van der Waals surface area (Å²) >= 11 is 0. The quantitative estimate of drug-likeness (QED) is 0.614. The molecule has 24 heavy (non-hydrogen) atoms. The average Bonchev–Trinajstić information content (AvgIpc) is 2.94. The van der Waals surface area contributed by atoms with Gasteiger partial charge in [0, 0.05) is 14.7 Å². The number of rotatable bonds is 5. The normalized spacial score (nSPS) is 13.0. The van der Waals surface area contributed by atoms with E-state index in [1.54, 1.807) is 6.07 Å². The minimum Gasteiger partial charge on any atom is -0.483 e. The van der Waals surface area contributed by atoms with Crippen molar-refractivity contribution < 1.29 is 13.9 Å². The molecule has 1 aromatic heterocycles. The van der Waals surface area contributed by atoms with E-state index >= 15 is 0 Å². The van der Waals surface area contributed by atoms with Crippen LogP contribution in [0.25, 0.3) is 11.3 Å². The van der Waals surface area contributed by atoms with Crippen LogP contribution in [0.2, 0.25) is 25.7 Å². The lowest BCUT2D eigenvalue weighted by Crippen LogP contribution is -2.22. The van der Waals surface area contributed by atoms with Crippen molar-refractivity contribution in [3.63, 3.8) is 0 Å². The molecular formula is C16H19FN4O2Si. The minimum atomic E-state index is -1.14. The summed E-state index contributed by atoms with van der Waals surface area (Å²) in [6.45, 7) is 7.93. The van der Waals surface area contributed by atoms with Gasteiger partial charge in [0.15, 0.2) is 18.3 Å². The Morgan fingerprint density at radius 2 is 2.17 bits per heavy atom. The number of hydrogen-bond acceptors (Lipinski definition) is 5. The molecule has 3 rings (SSSR count). The molecule has 0 atom stereocenters. The van der Waals surface area contributed by atoms with E-state index in [9.17, 15) is 4.39 Å². The van der Waals surface area contributed by atoms with Crippen molar-refractivity contribution in [3.05, 3.63) is 29.2 Å². The highest BCUT2D eigenvalue weighted by Crippen LogP contribution is 2.38.